The lowest BCUT2D eigenvalue weighted by atomic mass is 9.68. The second-order valence-corrected chi connectivity index (χ2v) is 10.3. The Morgan fingerprint density at radius 2 is 1.74 bits per heavy atom. The number of nitrogens with one attached hydrogen (secondary N) is 2. The summed E-state index contributed by atoms with van der Waals surface area (Å²) in [5, 5.41) is 7.06. The first-order chi connectivity index (χ1) is 17.0. The van der Waals surface area contributed by atoms with Crippen LogP contribution in [0.25, 0.3) is 0 Å². The summed E-state index contributed by atoms with van der Waals surface area (Å²) >= 11 is 6.30. The SMILES string of the molecule is COC(=O)c1ccc(Cl)c(NC(=O)c2ccc3c(c2)[C@@H]2[C@H]4CC[C@@H](C4)[C@H]2[C@H](c2ccccc2)N3)c1. The molecule has 2 fully saturated rings. The predicted molar refractivity (Wildman–Crippen MR) is 137 cm³/mol. The van der Waals surface area contributed by atoms with Crippen LogP contribution in [-0.2, 0) is 4.74 Å². The summed E-state index contributed by atoms with van der Waals surface area (Å²) in [6.45, 7) is 0. The Morgan fingerprint density at radius 3 is 2.54 bits per heavy atom. The van der Waals surface area contributed by atoms with Gasteiger partial charge in [-0.25, -0.2) is 4.79 Å². The summed E-state index contributed by atoms with van der Waals surface area (Å²) < 4.78 is 4.79. The molecule has 3 aromatic rings. The Kier molecular flexibility index (Phi) is 5.53. The fourth-order valence-corrected chi connectivity index (χ4v) is 6.84. The molecule has 5 atom stereocenters. The first-order valence-corrected chi connectivity index (χ1v) is 12.6. The fourth-order valence-electron chi connectivity index (χ4n) is 6.68. The minimum Gasteiger partial charge on any atom is -0.465 e. The number of methoxy groups -OCH3 is 1. The van der Waals surface area contributed by atoms with Crippen molar-refractivity contribution in [3.63, 3.8) is 0 Å². The monoisotopic (exact) mass is 486 g/mol. The first-order valence-electron chi connectivity index (χ1n) is 12.2. The van der Waals surface area contributed by atoms with Crippen LogP contribution in [0.1, 0.15) is 63.1 Å². The molecule has 0 unspecified atom stereocenters. The van der Waals surface area contributed by atoms with Crippen LogP contribution in [0.5, 0.6) is 0 Å². The van der Waals surface area contributed by atoms with Crippen molar-refractivity contribution in [2.75, 3.05) is 17.7 Å². The Labute approximate surface area is 209 Å². The largest absolute Gasteiger partial charge is 0.465 e. The maximum atomic E-state index is 13.2. The summed E-state index contributed by atoms with van der Waals surface area (Å²) in [6, 6.07) is 21.7. The Hall–Kier alpha value is -3.31. The van der Waals surface area contributed by atoms with Crippen LogP contribution in [0.4, 0.5) is 11.4 Å². The first kappa shape index (κ1) is 22.2. The Balaban J connectivity index is 1.32. The standard InChI is InChI=1S/C29H27ClN2O3/c1-35-29(34)20-9-11-22(30)24(15-20)32-28(33)19-10-12-23-21(14-19)25-17-7-8-18(13-17)26(25)27(31-23)16-5-3-2-4-6-16/h2-6,9-12,14-15,17-18,25-27,31H,7-8,13H2,1H3,(H,32,33)/t17-,18-,25-,26+,27-/m0/s1. The van der Waals surface area contributed by atoms with E-state index < -0.39 is 5.97 Å². The zero-order valence-corrected chi connectivity index (χ0v) is 20.2. The van der Waals surface area contributed by atoms with Gasteiger partial charge < -0.3 is 15.4 Å². The molecule has 3 aromatic carbocycles. The van der Waals surface area contributed by atoms with Crippen molar-refractivity contribution in [1.82, 2.24) is 0 Å². The lowest BCUT2D eigenvalue weighted by Crippen LogP contribution is -2.35. The normalized spacial score (nSPS) is 25.8. The number of hydrogen-bond donors (Lipinski definition) is 2. The number of rotatable bonds is 4. The van der Waals surface area contributed by atoms with Gasteiger partial charge in [0.1, 0.15) is 0 Å². The van der Waals surface area contributed by atoms with E-state index >= 15 is 0 Å². The van der Waals surface area contributed by atoms with Gasteiger partial charge in [-0.15, -0.1) is 0 Å². The summed E-state index contributed by atoms with van der Waals surface area (Å²) in [7, 11) is 1.32. The number of hydrogen-bond acceptors (Lipinski definition) is 4. The van der Waals surface area contributed by atoms with Crippen molar-refractivity contribution >= 4 is 34.9 Å². The molecule has 3 aliphatic rings. The number of carbonyl (C=O) groups excluding carboxylic acids is 2. The molecule has 35 heavy (non-hydrogen) atoms. The molecule has 1 aliphatic heterocycles. The molecule has 2 N–H and O–H groups in total. The smallest absolute Gasteiger partial charge is 0.337 e. The van der Waals surface area contributed by atoms with Crippen LogP contribution >= 0.6 is 11.6 Å². The van der Waals surface area contributed by atoms with Crippen molar-refractivity contribution < 1.29 is 14.3 Å². The zero-order valence-electron chi connectivity index (χ0n) is 19.5. The highest BCUT2D eigenvalue weighted by Gasteiger charge is 2.53. The molecule has 6 heteroatoms. The molecule has 5 nitrogen and oxygen atoms in total. The fraction of sp³-hybridized carbons (Fsp3) is 0.310. The minimum atomic E-state index is -0.479. The van der Waals surface area contributed by atoms with E-state index in [-0.39, 0.29) is 5.91 Å². The van der Waals surface area contributed by atoms with Gasteiger partial charge in [-0.2, -0.15) is 0 Å². The van der Waals surface area contributed by atoms with E-state index in [4.69, 9.17) is 16.3 Å². The van der Waals surface area contributed by atoms with Crippen molar-refractivity contribution in [3.8, 4) is 0 Å². The Bertz CT molecular complexity index is 1310. The van der Waals surface area contributed by atoms with Crippen LogP contribution < -0.4 is 10.6 Å². The number of carbonyl (C=O) groups is 2. The molecule has 6 rings (SSSR count). The average molecular weight is 487 g/mol. The van der Waals surface area contributed by atoms with E-state index in [0.717, 1.165) is 5.69 Å². The topological polar surface area (TPSA) is 67.4 Å². The molecule has 2 saturated carbocycles. The number of fused-ring (bicyclic) bond motifs is 7. The molecule has 178 valence electrons. The molecule has 0 spiro atoms. The zero-order chi connectivity index (χ0) is 24.1. The quantitative estimate of drug-likeness (QED) is 0.404. The maximum absolute atomic E-state index is 13.2. The number of amides is 1. The summed E-state index contributed by atoms with van der Waals surface area (Å²) in [6.07, 6.45) is 3.83. The highest BCUT2D eigenvalue weighted by atomic mass is 35.5. The van der Waals surface area contributed by atoms with Gasteiger partial charge in [-0.3, -0.25) is 4.79 Å². The Morgan fingerprint density at radius 1 is 0.971 bits per heavy atom. The van der Waals surface area contributed by atoms with Crippen molar-refractivity contribution in [2.24, 2.45) is 17.8 Å². The van der Waals surface area contributed by atoms with E-state index in [1.807, 2.05) is 12.1 Å². The van der Waals surface area contributed by atoms with Gasteiger partial charge in [0.25, 0.3) is 5.91 Å². The van der Waals surface area contributed by atoms with Crippen LogP contribution in [0.2, 0.25) is 5.02 Å². The molecule has 0 saturated heterocycles. The molecule has 2 bridgehead atoms. The number of benzene rings is 3. The molecule has 1 amide bonds. The van der Waals surface area contributed by atoms with Crippen LogP contribution in [0, 0.1) is 17.8 Å². The van der Waals surface area contributed by atoms with Crippen molar-refractivity contribution in [1.29, 1.82) is 0 Å². The van der Waals surface area contributed by atoms with Crippen molar-refractivity contribution in [2.45, 2.75) is 31.2 Å². The maximum Gasteiger partial charge on any atom is 0.337 e. The van der Waals surface area contributed by atoms with E-state index in [2.05, 4.69) is 47.0 Å². The summed E-state index contributed by atoms with van der Waals surface area (Å²) in [5.74, 6) is 1.64. The predicted octanol–water partition coefficient (Wildman–Crippen LogP) is 6.68. The molecular weight excluding hydrogens is 460 g/mol. The van der Waals surface area contributed by atoms with Gasteiger partial charge >= 0.3 is 5.97 Å². The third kappa shape index (κ3) is 3.79. The van der Waals surface area contributed by atoms with Crippen LogP contribution in [0.15, 0.2) is 66.7 Å². The second kappa shape index (κ2) is 8.72. The summed E-state index contributed by atoms with van der Waals surface area (Å²) in [5.41, 5.74) is 5.01. The molecule has 0 radical (unpaired) electrons. The van der Waals surface area contributed by atoms with Gasteiger partial charge in [-0.05, 0) is 90.5 Å². The third-order valence-electron chi connectivity index (χ3n) is 8.14. The molecular formula is C29H27ClN2O3. The molecule has 1 heterocycles. The number of halogens is 1. The van der Waals surface area contributed by atoms with E-state index in [1.165, 1.54) is 37.5 Å². The average Bonchev–Trinajstić information content (AvgIpc) is 3.52. The van der Waals surface area contributed by atoms with Gasteiger partial charge in [0.2, 0.25) is 0 Å². The van der Waals surface area contributed by atoms with E-state index in [9.17, 15) is 9.59 Å². The summed E-state index contributed by atoms with van der Waals surface area (Å²) in [4.78, 5) is 25.1. The molecule has 2 aliphatic carbocycles. The highest BCUT2D eigenvalue weighted by Crippen LogP contribution is 2.63. The number of ether oxygens (including phenoxy) is 1. The third-order valence-corrected chi connectivity index (χ3v) is 8.47. The lowest BCUT2D eigenvalue weighted by Gasteiger charge is -2.43. The van der Waals surface area contributed by atoms with Gasteiger partial charge in [-0.1, -0.05) is 41.9 Å². The highest BCUT2D eigenvalue weighted by molar-refractivity contribution is 6.34. The van der Waals surface area contributed by atoms with Gasteiger partial charge in [0.05, 0.1) is 29.4 Å². The number of esters is 1. The lowest BCUT2D eigenvalue weighted by molar-refractivity contribution is 0.0600. The van der Waals surface area contributed by atoms with Crippen molar-refractivity contribution in [3.05, 3.63) is 94.0 Å². The van der Waals surface area contributed by atoms with Gasteiger partial charge in [0, 0.05) is 11.3 Å². The molecule has 0 aromatic heterocycles. The van der Waals surface area contributed by atoms with Crippen LogP contribution in [0.3, 0.4) is 0 Å². The second-order valence-electron chi connectivity index (χ2n) is 9.91. The number of anilines is 2. The minimum absolute atomic E-state index is 0.249. The van der Waals surface area contributed by atoms with E-state index in [0.29, 0.717) is 51.6 Å². The van der Waals surface area contributed by atoms with Gasteiger partial charge in [0.15, 0.2) is 0 Å². The van der Waals surface area contributed by atoms with Crippen LogP contribution in [-0.4, -0.2) is 19.0 Å². The van der Waals surface area contributed by atoms with E-state index in [1.54, 1.807) is 18.2 Å².